The van der Waals surface area contributed by atoms with Gasteiger partial charge in [0.1, 0.15) is 23.6 Å². The van der Waals surface area contributed by atoms with E-state index in [-0.39, 0.29) is 13.0 Å². The Labute approximate surface area is 170 Å². The van der Waals surface area contributed by atoms with Gasteiger partial charge in [-0.25, -0.2) is 4.79 Å². The number of β-lactam (4-membered cyclic amide) rings is 1. The average Bonchev–Trinajstić information content (AvgIpc) is 2.92. The van der Waals surface area contributed by atoms with Gasteiger partial charge in [-0.3, -0.25) is 9.59 Å². The number of thioether (sulfide) groups is 1. The molecule has 2 aliphatic heterocycles. The summed E-state index contributed by atoms with van der Waals surface area (Å²) in [5.41, 5.74) is -0.917. The molecule has 1 aromatic carbocycles. The highest BCUT2D eigenvalue weighted by atomic mass is 32.2. The zero-order valence-corrected chi connectivity index (χ0v) is 16.9. The molecule has 3 rings (SSSR count). The topological polar surface area (TPSA) is 75.7 Å². The van der Waals surface area contributed by atoms with Crippen molar-refractivity contribution in [3.63, 3.8) is 0 Å². The molecule has 0 aromatic heterocycles. The number of hydrogen-bond acceptors (Lipinski definition) is 5. The molecule has 2 fully saturated rings. The van der Waals surface area contributed by atoms with E-state index in [1.807, 2.05) is 11.4 Å². The number of fused-ring (bicyclic) bond motifs is 1. The summed E-state index contributed by atoms with van der Waals surface area (Å²) in [4.78, 5) is 38.3. The third-order valence-electron chi connectivity index (χ3n) is 5.24. The van der Waals surface area contributed by atoms with Gasteiger partial charge in [0.05, 0.1) is 0 Å². The van der Waals surface area contributed by atoms with E-state index >= 15 is 0 Å². The Morgan fingerprint density at radius 2 is 1.86 bits per heavy atom. The molecule has 1 N–H and O–H groups in total. The molecule has 6 nitrogen and oxygen atoms in total. The fraction of sp³-hybridized carbons (Fsp3) is 0.526. The molecular weight excluding hydrogens is 409 g/mol. The Morgan fingerprint density at radius 3 is 2.41 bits per heavy atom. The van der Waals surface area contributed by atoms with Gasteiger partial charge in [0.2, 0.25) is 0 Å². The third-order valence-corrected chi connectivity index (χ3v) is 6.92. The summed E-state index contributed by atoms with van der Waals surface area (Å²) < 4.78 is 42.8. The van der Waals surface area contributed by atoms with E-state index < -0.39 is 45.7 Å². The van der Waals surface area contributed by atoms with E-state index in [2.05, 4.69) is 0 Å². The van der Waals surface area contributed by atoms with Crippen LogP contribution in [0.3, 0.4) is 0 Å². The monoisotopic (exact) mass is 430 g/mol. The molecule has 158 valence electrons. The number of hydrogen-bond donors (Lipinski definition) is 1. The van der Waals surface area contributed by atoms with Gasteiger partial charge >= 0.3 is 18.1 Å². The van der Waals surface area contributed by atoms with Crippen molar-refractivity contribution in [2.24, 2.45) is 0 Å². The van der Waals surface area contributed by atoms with Crippen LogP contribution >= 0.6 is 11.8 Å². The van der Waals surface area contributed by atoms with Crippen LogP contribution in [0.4, 0.5) is 13.2 Å². The molecule has 2 heterocycles. The van der Waals surface area contributed by atoms with Gasteiger partial charge in [-0.15, -0.1) is 11.8 Å². The van der Waals surface area contributed by atoms with Gasteiger partial charge in [0.25, 0.3) is 5.91 Å². The zero-order chi connectivity index (χ0) is 21.6. The molecule has 1 aromatic rings. The van der Waals surface area contributed by atoms with Gasteiger partial charge in [-0.05, 0) is 25.8 Å². The van der Waals surface area contributed by atoms with Crippen LogP contribution in [-0.4, -0.2) is 50.6 Å². The second-order valence-corrected chi connectivity index (χ2v) is 9.29. The van der Waals surface area contributed by atoms with Crippen molar-refractivity contribution >= 4 is 29.5 Å². The number of carbonyl (C=O) groups excluding carboxylic acids is 3. The number of rotatable bonds is 5. The average molecular weight is 430 g/mol. The smallest absolute Gasteiger partial charge is 0.459 e. The standard InChI is InChI=1S/C19H21F3N2O4S/c1-4-18(23-14(26)19(20,21)22)15(27)24-12(17(2,3)29-16(18)24)13(25)28-10-11-8-6-5-7-9-11/h5-9,12,16H,4,10H2,1-3H3,(H,23,26)/t12-,16+,18+/m0/s1. The Morgan fingerprint density at radius 1 is 1.24 bits per heavy atom. The van der Waals surface area contributed by atoms with Gasteiger partial charge in [-0.1, -0.05) is 37.3 Å². The number of nitrogens with one attached hydrogen (secondary N) is 1. The predicted molar refractivity (Wildman–Crippen MR) is 99.5 cm³/mol. The van der Waals surface area contributed by atoms with E-state index in [1.165, 1.54) is 23.6 Å². The first-order chi connectivity index (χ1) is 13.4. The normalized spacial score (nSPS) is 27.8. The number of alkyl halides is 3. The lowest BCUT2D eigenvalue weighted by atomic mass is 9.82. The van der Waals surface area contributed by atoms with Crippen LogP contribution in [0.5, 0.6) is 0 Å². The molecule has 29 heavy (non-hydrogen) atoms. The largest absolute Gasteiger partial charge is 0.471 e. The number of amides is 2. The highest BCUT2D eigenvalue weighted by molar-refractivity contribution is 8.01. The van der Waals surface area contributed by atoms with E-state index in [4.69, 9.17) is 4.74 Å². The molecule has 3 atom stereocenters. The molecule has 2 amide bonds. The molecule has 0 radical (unpaired) electrons. The molecule has 10 heteroatoms. The number of ether oxygens (including phenoxy) is 1. The highest BCUT2D eigenvalue weighted by Crippen LogP contribution is 2.56. The summed E-state index contributed by atoms with van der Waals surface area (Å²) in [6.07, 6.45) is -5.13. The van der Waals surface area contributed by atoms with Crippen molar-refractivity contribution in [2.75, 3.05) is 0 Å². The molecular formula is C19H21F3N2O4S. The van der Waals surface area contributed by atoms with Crippen molar-refractivity contribution in [3.05, 3.63) is 35.9 Å². The van der Waals surface area contributed by atoms with Crippen LogP contribution in [0.1, 0.15) is 32.8 Å². The molecule has 0 saturated carbocycles. The SMILES string of the molecule is CC[C@@]1(NC(=O)C(F)(F)F)C(=O)N2[C@@H](C(=O)OCc3ccccc3)C(C)(C)S[C@@H]21. The summed E-state index contributed by atoms with van der Waals surface area (Å²) in [7, 11) is 0. The van der Waals surface area contributed by atoms with E-state index in [0.717, 1.165) is 5.56 Å². The van der Waals surface area contributed by atoms with Crippen molar-refractivity contribution < 1.29 is 32.3 Å². The van der Waals surface area contributed by atoms with Gasteiger partial charge in [0, 0.05) is 4.75 Å². The summed E-state index contributed by atoms with van der Waals surface area (Å²) in [6.45, 7) is 5.00. The van der Waals surface area contributed by atoms with Crippen molar-refractivity contribution in [3.8, 4) is 0 Å². The first-order valence-electron chi connectivity index (χ1n) is 9.04. The maximum atomic E-state index is 12.9. The number of benzene rings is 1. The molecule has 0 unspecified atom stereocenters. The number of esters is 1. The number of carbonyl (C=O) groups is 3. The second-order valence-electron chi connectivity index (χ2n) is 7.56. The first-order valence-corrected chi connectivity index (χ1v) is 9.92. The van der Waals surface area contributed by atoms with Crippen LogP contribution in [0.15, 0.2) is 30.3 Å². The highest BCUT2D eigenvalue weighted by Gasteiger charge is 2.72. The van der Waals surface area contributed by atoms with E-state index in [1.54, 1.807) is 38.1 Å². The Balaban J connectivity index is 1.78. The van der Waals surface area contributed by atoms with Crippen LogP contribution in [0, 0.1) is 0 Å². The summed E-state index contributed by atoms with van der Waals surface area (Å²) in [5, 5.41) is 1.09. The molecule has 0 bridgehead atoms. The molecule has 0 spiro atoms. The Hall–Kier alpha value is -2.23. The van der Waals surface area contributed by atoms with Crippen LogP contribution < -0.4 is 5.32 Å². The minimum absolute atomic E-state index is 0.0212. The van der Waals surface area contributed by atoms with Crippen LogP contribution in [0.2, 0.25) is 0 Å². The Bertz CT molecular complexity index is 830. The van der Waals surface area contributed by atoms with E-state index in [9.17, 15) is 27.6 Å². The summed E-state index contributed by atoms with van der Waals surface area (Å²) in [5.74, 6) is -3.50. The van der Waals surface area contributed by atoms with Gasteiger partial charge in [0.15, 0.2) is 0 Å². The van der Waals surface area contributed by atoms with Crippen molar-refractivity contribution in [1.29, 1.82) is 0 Å². The van der Waals surface area contributed by atoms with Crippen molar-refractivity contribution in [2.45, 2.75) is 61.7 Å². The maximum Gasteiger partial charge on any atom is 0.471 e. The van der Waals surface area contributed by atoms with Crippen LogP contribution in [-0.2, 0) is 25.7 Å². The van der Waals surface area contributed by atoms with Crippen molar-refractivity contribution in [1.82, 2.24) is 10.2 Å². The molecule has 0 aliphatic carbocycles. The van der Waals surface area contributed by atoms with Gasteiger partial charge in [-0.2, -0.15) is 13.2 Å². The fourth-order valence-electron chi connectivity index (χ4n) is 3.72. The quantitative estimate of drug-likeness (QED) is 0.574. The van der Waals surface area contributed by atoms with E-state index in [0.29, 0.717) is 0 Å². The maximum absolute atomic E-state index is 12.9. The lowest BCUT2D eigenvalue weighted by molar-refractivity contribution is -0.185. The summed E-state index contributed by atoms with van der Waals surface area (Å²) >= 11 is 1.19. The zero-order valence-electron chi connectivity index (χ0n) is 16.1. The third kappa shape index (κ3) is 3.58. The number of halogens is 3. The fourth-order valence-corrected chi connectivity index (χ4v) is 5.49. The summed E-state index contributed by atoms with van der Waals surface area (Å²) in [6, 6.07) is 8.03. The lowest BCUT2D eigenvalue weighted by Gasteiger charge is -2.53. The van der Waals surface area contributed by atoms with Crippen LogP contribution in [0.25, 0.3) is 0 Å². The first kappa shape index (κ1) is 21.5. The molecule has 2 aliphatic rings. The molecule has 2 saturated heterocycles. The minimum Gasteiger partial charge on any atom is -0.459 e. The minimum atomic E-state index is -5.10. The predicted octanol–water partition coefficient (Wildman–Crippen LogP) is 2.62. The second kappa shape index (κ2) is 7.23. The number of nitrogens with zero attached hydrogens (tertiary/aromatic N) is 1. The lowest BCUT2D eigenvalue weighted by Crippen LogP contribution is -2.80. The Kier molecular flexibility index (Phi) is 5.35. The van der Waals surface area contributed by atoms with Gasteiger partial charge < -0.3 is 15.0 Å².